The van der Waals surface area contributed by atoms with E-state index in [0.717, 1.165) is 43.2 Å². The van der Waals surface area contributed by atoms with E-state index in [2.05, 4.69) is 24.0 Å². The van der Waals surface area contributed by atoms with Crippen molar-refractivity contribution in [3.8, 4) is 11.4 Å². The van der Waals surface area contributed by atoms with E-state index in [0.29, 0.717) is 28.2 Å². The third-order valence-corrected chi connectivity index (χ3v) is 6.80. The Morgan fingerprint density at radius 3 is 2.41 bits per heavy atom. The van der Waals surface area contributed by atoms with Crippen LogP contribution in [0.15, 0.2) is 30.3 Å². The molecule has 2 atom stereocenters. The molecule has 184 valence electrons. The molecular formula is C27H36ClN3O3. The molecule has 3 rings (SSSR count). The molecule has 0 fully saturated rings. The highest BCUT2D eigenvalue weighted by Crippen LogP contribution is 2.38. The van der Waals surface area contributed by atoms with Gasteiger partial charge in [-0.15, -0.1) is 15.0 Å². The van der Waals surface area contributed by atoms with E-state index >= 15 is 0 Å². The summed E-state index contributed by atoms with van der Waals surface area (Å²) in [5, 5.41) is 30.9. The average Bonchev–Trinajstić information content (AvgIpc) is 3.18. The lowest BCUT2D eigenvalue weighted by atomic mass is 9.79. The number of carboxylic acids is 1. The summed E-state index contributed by atoms with van der Waals surface area (Å²) in [6.07, 6.45) is 5.39. The molecule has 2 N–H and O–H groups in total. The Morgan fingerprint density at radius 1 is 1.09 bits per heavy atom. The van der Waals surface area contributed by atoms with Gasteiger partial charge in [-0.25, -0.2) is 0 Å². The van der Waals surface area contributed by atoms with Crippen molar-refractivity contribution in [3.63, 3.8) is 0 Å². The molecule has 0 spiro atoms. The zero-order chi connectivity index (χ0) is 25.0. The number of hydrogen-bond acceptors (Lipinski definition) is 4. The highest BCUT2D eigenvalue weighted by molar-refractivity contribution is 6.31. The van der Waals surface area contributed by atoms with E-state index in [-0.39, 0.29) is 17.1 Å². The van der Waals surface area contributed by atoms with Crippen LogP contribution in [0.4, 0.5) is 0 Å². The Hall–Kier alpha value is -2.60. The average molecular weight is 486 g/mol. The maximum atomic E-state index is 12.3. The minimum absolute atomic E-state index is 0.101. The lowest BCUT2D eigenvalue weighted by Crippen LogP contribution is -2.26. The maximum absolute atomic E-state index is 12.3. The number of phenolic OH excluding ortho intramolecular Hbond substituents is 1. The Labute approximate surface area is 206 Å². The topological polar surface area (TPSA) is 88.2 Å². The monoisotopic (exact) mass is 485 g/mol. The highest BCUT2D eigenvalue weighted by Gasteiger charge is 2.29. The normalized spacial score (nSPS) is 13.8. The van der Waals surface area contributed by atoms with Crippen LogP contribution < -0.4 is 0 Å². The Bertz CT molecular complexity index is 1150. The molecule has 1 heterocycles. The van der Waals surface area contributed by atoms with E-state index in [1.165, 1.54) is 4.80 Å². The van der Waals surface area contributed by atoms with Gasteiger partial charge in [0.15, 0.2) is 0 Å². The molecule has 3 aromatic rings. The number of aromatic nitrogens is 3. The van der Waals surface area contributed by atoms with E-state index < -0.39 is 11.9 Å². The number of nitrogens with zero attached hydrogens (tertiary/aromatic N) is 3. The van der Waals surface area contributed by atoms with Crippen molar-refractivity contribution in [2.24, 2.45) is 11.8 Å². The van der Waals surface area contributed by atoms with Crippen molar-refractivity contribution >= 4 is 28.6 Å². The molecular weight excluding hydrogens is 450 g/mol. The number of carbonyl (C=O) groups is 1. The van der Waals surface area contributed by atoms with Crippen LogP contribution in [0.3, 0.4) is 0 Å². The van der Waals surface area contributed by atoms with E-state index in [4.69, 9.17) is 11.6 Å². The zero-order valence-corrected chi connectivity index (χ0v) is 21.6. The first kappa shape index (κ1) is 26.0. The summed E-state index contributed by atoms with van der Waals surface area (Å²) >= 11 is 6.11. The van der Waals surface area contributed by atoms with E-state index in [1.807, 2.05) is 32.9 Å². The zero-order valence-electron chi connectivity index (χ0n) is 20.8. The van der Waals surface area contributed by atoms with Crippen LogP contribution in [0.25, 0.3) is 16.7 Å². The quantitative estimate of drug-likeness (QED) is 0.304. The second-order valence-electron chi connectivity index (χ2n) is 10.2. The Morgan fingerprint density at radius 2 is 1.79 bits per heavy atom. The van der Waals surface area contributed by atoms with Crippen molar-refractivity contribution < 1.29 is 15.0 Å². The van der Waals surface area contributed by atoms with Crippen LogP contribution in [0.1, 0.15) is 77.8 Å². The maximum Gasteiger partial charge on any atom is 0.307 e. The number of aliphatic carboxylic acids is 1. The first-order chi connectivity index (χ1) is 16.0. The number of hydrogen-bond donors (Lipinski definition) is 2. The van der Waals surface area contributed by atoms with E-state index in [1.54, 1.807) is 18.2 Å². The van der Waals surface area contributed by atoms with Gasteiger partial charge in [0, 0.05) is 10.6 Å². The Balaban J connectivity index is 2.06. The molecule has 0 aliphatic rings. The van der Waals surface area contributed by atoms with Crippen LogP contribution in [0, 0.1) is 11.8 Å². The van der Waals surface area contributed by atoms with Gasteiger partial charge in [-0.1, -0.05) is 78.0 Å². The van der Waals surface area contributed by atoms with Crippen molar-refractivity contribution in [2.75, 3.05) is 0 Å². The number of unbranched alkanes of at least 4 members (excludes halogenated alkanes) is 2. The molecule has 2 unspecified atom stereocenters. The molecule has 34 heavy (non-hydrogen) atoms. The van der Waals surface area contributed by atoms with Gasteiger partial charge in [0.2, 0.25) is 0 Å². The lowest BCUT2D eigenvalue weighted by molar-refractivity contribution is -0.143. The SMILES string of the molecule is CCCCCC(CC)C(Cc1cc(-n2nc3ccc(Cl)cc3n2)c(O)c(C(C)(C)C)c1)C(=O)O. The van der Waals surface area contributed by atoms with Gasteiger partial charge < -0.3 is 10.2 Å². The largest absolute Gasteiger partial charge is 0.505 e. The van der Waals surface area contributed by atoms with Gasteiger partial charge >= 0.3 is 5.97 Å². The van der Waals surface area contributed by atoms with Crippen LogP contribution >= 0.6 is 11.6 Å². The number of aromatic hydroxyl groups is 1. The molecule has 0 saturated carbocycles. The summed E-state index contributed by atoms with van der Waals surface area (Å²) in [5.41, 5.74) is 2.98. The van der Waals surface area contributed by atoms with Gasteiger partial charge in [-0.05, 0) is 54.0 Å². The number of carboxylic acid groups (broad SMARTS) is 1. The standard InChI is InChI=1S/C27H36ClN3O3/c1-6-8-9-10-18(7-2)20(26(33)34)13-17-14-21(27(3,4)5)25(32)24(15-17)31-29-22-12-11-19(28)16-23(22)30-31/h11-12,14-16,18,20,32H,6-10,13H2,1-5H3,(H,33,34). The summed E-state index contributed by atoms with van der Waals surface area (Å²) < 4.78 is 0. The molecule has 0 bridgehead atoms. The van der Waals surface area contributed by atoms with Crippen molar-refractivity contribution in [2.45, 2.75) is 78.6 Å². The second-order valence-corrected chi connectivity index (χ2v) is 10.6. The minimum Gasteiger partial charge on any atom is -0.505 e. The molecule has 7 heteroatoms. The molecule has 0 amide bonds. The fourth-order valence-electron chi connectivity index (χ4n) is 4.57. The third kappa shape index (κ3) is 5.90. The molecule has 0 saturated heterocycles. The molecule has 0 aliphatic carbocycles. The van der Waals surface area contributed by atoms with Gasteiger partial charge in [-0.3, -0.25) is 4.79 Å². The van der Waals surface area contributed by atoms with Gasteiger partial charge in [0.05, 0.1) is 5.92 Å². The van der Waals surface area contributed by atoms with Crippen LogP contribution in [0.5, 0.6) is 5.75 Å². The third-order valence-electron chi connectivity index (χ3n) is 6.56. The summed E-state index contributed by atoms with van der Waals surface area (Å²) in [7, 11) is 0. The van der Waals surface area contributed by atoms with Crippen molar-refractivity contribution in [1.82, 2.24) is 15.0 Å². The van der Waals surface area contributed by atoms with Crippen LogP contribution in [-0.2, 0) is 16.6 Å². The summed E-state index contributed by atoms with van der Waals surface area (Å²) in [6.45, 7) is 10.3. The number of rotatable bonds is 10. The smallest absolute Gasteiger partial charge is 0.307 e. The number of benzene rings is 2. The predicted molar refractivity (Wildman–Crippen MR) is 137 cm³/mol. The summed E-state index contributed by atoms with van der Waals surface area (Å²) in [4.78, 5) is 13.7. The fourth-order valence-corrected chi connectivity index (χ4v) is 4.74. The molecule has 1 aromatic heterocycles. The van der Waals surface area contributed by atoms with Crippen molar-refractivity contribution in [3.05, 3.63) is 46.5 Å². The van der Waals surface area contributed by atoms with E-state index in [9.17, 15) is 15.0 Å². The minimum atomic E-state index is -0.770. The number of fused-ring (bicyclic) bond motifs is 1. The van der Waals surface area contributed by atoms with Gasteiger partial charge in [-0.2, -0.15) is 0 Å². The second kappa shape index (κ2) is 10.8. The van der Waals surface area contributed by atoms with Gasteiger partial charge in [0.25, 0.3) is 0 Å². The fraction of sp³-hybridized carbons (Fsp3) is 0.519. The first-order valence-corrected chi connectivity index (χ1v) is 12.5. The summed E-state index contributed by atoms with van der Waals surface area (Å²) in [5.74, 6) is -1.06. The molecule has 2 aromatic carbocycles. The summed E-state index contributed by atoms with van der Waals surface area (Å²) in [6, 6.07) is 9.03. The number of phenols is 1. The Kier molecular flexibility index (Phi) is 8.24. The molecule has 0 aliphatic heterocycles. The molecule has 6 nitrogen and oxygen atoms in total. The van der Waals surface area contributed by atoms with Crippen LogP contribution in [0.2, 0.25) is 5.02 Å². The highest BCUT2D eigenvalue weighted by atomic mass is 35.5. The first-order valence-electron chi connectivity index (χ1n) is 12.2. The lowest BCUT2D eigenvalue weighted by Gasteiger charge is -2.26. The van der Waals surface area contributed by atoms with Crippen molar-refractivity contribution in [1.29, 1.82) is 0 Å². The number of halogens is 1. The predicted octanol–water partition coefficient (Wildman–Crippen LogP) is 6.93. The van der Waals surface area contributed by atoms with Gasteiger partial charge in [0.1, 0.15) is 22.5 Å². The van der Waals surface area contributed by atoms with Crippen LogP contribution in [-0.4, -0.2) is 31.2 Å². The molecule has 0 radical (unpaired) electrons.